The Labute approximate surface area is 129 Å². The fourth-order valence-electron chi connectivity index (χ4n) is 2.13. The number of carboxylic acid groups (broad SMARTS) is 1. The fourth-order valence-corrected chi connectivity index (χ4v) is 3.02. The van der Waals surface area contributed by atoms with Crippen LogP contribution in [0, 0.1) is 0 Å². The quantitative estimate of drug-likeness (QED) is 0.783. The van der Waals surface area contributed by atoms with Gasteiger partial charge in [-0.05, 0) is 37.0 Å². The summed E-state index contributed by atoms with van der Waals surface area (Å²) in [5.74, 6) is -1.24. The average molecular weight is 325 g/mol. The van der Waals surface area contributed by atoms with Crippen molar-refractivity contribution in [1.29, 1.82) is 0 Å². The summed E-state index contributed by atoms with van der Waals surface area (Å²) >= 11 is 0. The molecule has 1 saturated carbocycles. The van der Waals surface area contributed by atoms with Crippen molar-refractivity contribution in [3.63, 3.8) is 0 Å². The molecule has 0 atom stereocenters. The molecule has 1 aromatic carbocycles. The molecule has 1 fully saturated rings. The van der Waals surface area contributed by atoms with Crippen molar-refractivity contribution in [3.8, 4) is 0 Å². The predicted molar refractivity (Wildman–Crippen MR) is 80.2 cm³/mol. The maximum absolute atomic E-state index is 11.8. The number of sulfone groups is 1. The van der Waals surface area contributed by atoms with Gasteiger partial charge in [0.05, 0.1) is 10.6 Å². The molecule has 0 aliphatic heterocycles. The SMILES string of the molecule is CCS(=O)(=O)c1ccc(CCC(=O)NC2(C(=O)O)CC2)cc1. The highest BCUT2D eigenvalue weighted by molar-refractivity contribution is 7.91. The molecule has 2 rings (SSSR count). The number of aryl methyl sites for hydroxylation is 1. The molecule has 6 nitrogen and oxygen atoms in total. The molecule has 0 spiro atoms. The number of aliphatic carboxylic acids is 1. The van der Waals surface area contributed by atoms with E-state index in [1.165, 1.54) is 12.1 Å². The number of hydrogen-bond donors (Lipinski definition) is 2. The number of carbonyl (C=O) groups is 2. The molecule has 0 saturated heterocycles. The number of amides is 1. The molecule has 7 heteroatoms. The van der Waals surface area contributed by atoms with Crippen LogP contribution in [0.3, 0.4) is 0 Å². The zero-order valence-electron chi connectivity index (χ0n) is 12.3. The van der Waals surface area contributed by atoms with Crippen LogP contribution < -0.4 is 5.32 Å². The van der Waals surface area contributed by atoms with E-state index in [1.807, 2.05) is 0 Å². The van der Waals surface area contributed by atoms with Gasteiger partial charge in [-0.25, -0.2) is 13.2 Å². The standard InChI is InChI=1S/C15H19NO5S/c1-2-22(20,21)12-6-3-11(4-7-12)5-8-13(17)16-15(9-10-15)14(18)19/h3-4,6-7H,2,5,8-10H2,1H3,(H,16,17)(H,18,19). The lowest BCUT2D eigenvalue weighted by molar-refractivity contribution is -0.143. The molecule has 120 valence electrons. The molecule has 2 N–H and O–H groups in total. The summed E-state index contributed by atoms with van der Waals surface area (Å²) in [6.07, 6.45) is 1.55. The first-order chi connectivity index (χ1) is 10.3. The van der Waals surface area contributed by atoms with Crippen molar-refractivity contribution in [2.75, 3.05) is 5.75 Å². The fraction of sp³-hybridized carbons (Fsp3) is 0.467. The van der Waals surface area contributed by atoms with Crippen molar-refractivity contribution in [2.24, 2.45) is 0 Å². The smallest absolute Gasteiger partial charge is 0.329 e. The summed E-state index contributed by atoms with van der Waals surface area (Å²) in [5, 5.41) is 11.5. The van der Waals surface area contributed by atoms with Gasteiger partial charge in [0.25, 0.3) is 0 Å². The Morgan fingerprint density at radius 2 is 1.82 bits per heavy atom. The van der Waals surface area contributed by atoms with Crippen LogP contribution in [0.25, 0.3) is 0 Å². The highest BCUT2D eigenvalue weighted by atomic mass is 32.2. The zero-order chi connectivity index (χ0) is 16.4. The third-order valence-corrected chi connectivity index (χ3v) is 5.59. The third kappa shape index (κ3) is 3.65. The van der Waals surface area contributed by atoms with Crippen LogP contribution in [0.1, 0.15) is 31.7 Å². The molecule has 1 aromatic rings. The molecule has 0 heterocycles. The van der Waals surface area contributed by atoms with Crippen molar-refractivity contribution in [1.82, 2.24) is 5.32 Å². The lowest BCUT2D eigenvalue weighted by Crippen LogP contribution is -2.43. The van der Waals surface area contributed by atoms with Crippen LogP contribution in [0.15, 0.2) is 29.2 Å². The van der Waals surface area contributed by atoms with E-state index in [2.05, 4.69) is 5.32 Å². The number of carbonyl (C=O) groups excluding carboxylic acids is 1. The van der Waals surface area contributed by atoms with E-state index in [-0.39, 0.29) is 23.0 Å². The van der Waals surface area contributed by atoms with Gasteiger partial charge >= 0.3 is 5.97 Å². The number of benzene rings is 1. The minimum Gasteiger partial charge on any atom is -0.480 e. The van der Waals surface area contributed by atoms with Gasteiger partial charge in [0.2, 0.25) is 5.91 Å². The third-order valence-electron chi connectivity index (χ3n) is 3.84. The first-order valence-electron chi connectivity index (χ1n) is 7.15. The average Bonchev–Trinajstić information content (AvgIpc) is 3.26. The van der Waals surface area contributed by atoms with Gasteiger partial charge in [0.15, 0.2) is 9.84 Å². The second kappa shape index (κ2) is 6.08. The highest BCUT2D eigenvalue weighted by Gasteiger charge is 2.51. The van der Waals surface area contributed by atoms with Crippen molar-refractivity contribution in [3.05, 3.63) is 29.8 Å². The Balaban J connectivity index is 1.90. The molecular formula is C15H19NO5S. The second-order valence-electron chi connectivity index (χ2n) is 5.48. The van der Waals surface area contributed by atoms with Crippen molar-refractivity contribution in [2.45, 2.75) is 43.0 Å². The summed E-state index contributed by atoms with van der Waals surface area (Å²) in [5.41, 5.74) is -0.221. The first kappa shape index (κ1) is 16.5. The molecule has 0 aromatic heterocycles. The van der Waals surface area contributed by atoms with Crippen molar-refractivity contribution >= 4 is 21.7 Å². The van der Waals surface area contributed by atoms with Gasteiger partial charge in [-0.2, -0.15) is 0 Å². The lowest BCUT2D eigenvalue weighted by Gasteiger charge is -2.12. The minimum absolute atomic E-state index is 0.0476. The summed E-state index contributed by atoms with van der Waals surface area (Å²) in [6, 6.07) is 6.43. The van der Waals surface area contributed by atoms with E-state index in [0.29, 0.717) is 19.3 Å². The van der Waals surface area contributed by atoms with Gasteiger partial charge in [-0.3, -0.25) is 4.79 Å². The summed E-state index contributed by atoms with van der Waals surface area (Å²) in [6.45, 7) is 1.59. The van der Waals surface area contributed by atoms with E-state index < -0.39 is 21.3 Å². The van der Waals surface area contributed by atoms with Gasteiger partial charge in [0.1, 0.15) is 5.54 Å². The normalized spacial score (nSPS) is 16.0. The molecular weight excluding hydrogens is 306 g/mol. The van der Waals surface area contributed by atoms with Crippen LogP contribution in [-0.4, -0.2) is 36.7 Å². The van der Waals surface area contributed by atoms with E-state index in [0.717, 1.165) is 5.56 Å². The number of rotatable bonds is 7. The van der Waals surface area contributed by atoms with Gasteiger partial charge in [0, 0.05) is 6.42 Å². The summed E-state index contributed by atoms with van der Waals surface area (Å²) < 4.78 is 23.4. The Bertz CT molecular complexity index is 674. The van der Waals surface area contributed by atoms with E-state index >= 15 is 0 Å². The number of hydrogen-bond acceptors (Lipinski definition) is 4. The van der Waals surface area contributed by atoms with Gasteiger partial charge in [-0.15, -0.1) is 0 Å². The first-order valence-corrected chi connectivity index (χ1v) is 8.80. The molecule has 22 heavy (non-hydrogen) atoms. The van der Waals surface area contributed by atoms with Gasteiger partial charge in [-0.1, -0.05) is 19.1 Å². The van der Waals surface area contributed by atoms with Gasteiger partial charge < -0.3 is 10.4 Å². The molecule has 0 unspecified atom stereocenters. The topological polar surface area (TPSA) is 101 Å². The molecule has 0 radical (unpaired) electrons. The van der Waals surface area contributed by atoms with E-state index in [1.54, 1.807) is 19.1 Å². The Hall–Kier alpha value is -1.89. The second-order valence-corrected chi connectivity index (χ2v) is 7.76. The maximum Gasteiger partial charge on any atom is 0.329 e. The molecule has 1 aliphatic rings. The van der Waals surface area contributed by atoms with Crippen molar-refractivity contribution < 1.29 is 23.1 Å². The number of carboxylic acids is 1. The Morgan fingerprint density at radius 1 is 1.23 bits per heavy atom. The van der Waals surface area contributed by atoms with Crippen LogP contribution in [0.5, 0.6) is 0 Å². The monoisotopic (exact) mass is 325 g/mol. The molecule has 1 aliphatic carbocycles. The Morgan fingerprint density at radius 3 is 2.27 bits per heavy atom. The van der Waals surface area contributed by atoms with E-state index in [9.17, 15) is 18.0 Å². The predicted octanol–water partition coefficient (Wildman–Crippen LogP) is 1.15. The zero-order valence-corrected chi connectivity index (χ0v) is 13.1. The highest BCUT2D eigenvalue weighted by Crippen LogP contribution is 2.35. The minimum atomic E-state index is -3.22. The lowest BCUT2D eigenvalue weighted by atomic mass is 10.1. The van der Waals surface area contributed by atoms with E-state index in [4.69, 9.17) is 5.11 Å². The summed E-state index contributed by atoms with van der Waals surface area (Å²) in [7, 11) is -3.22. The molecule has 0 bridgehead atoms. The maximum atomic E-state index is 11.8. The number of nitrogens with one attached hydrogen (secondary N) is 1. The van der Waals surface area contributed by atoms with Crippen LogP contribution in [0.2, 0.25) is 0 Å². The molecule has 1 amide bonds. The Kier molecular flexibility index (Phi) is 4.55. The van der Waals surface area contributed by atoms with Crippen LogP contribution >= 0.6 is 0 Å². The summed E-state index contributed by atoms with van der Waals surface area (Å²) in [4.78, 5) is 23.0. The van der Waals surface area contributed by atoms with Crippen LogP contribution in [0.4, 0.5) is 0 Å². The largest absolute Gasteiger partial charge is 0.480 e. The van der Waals surface area contributed by atoms with Crippen LogP contribution in [-0.2, 0) is 25.8 Å².